The summed E-state index contributed by atoms with van der Waals surface area (Å²) in [5, 5.41) is 10.6. The van der Waals surface area contributed by atoms with Crippen molar-refractivity contribution in [3.63, 3.8) is 0 Å². The molecular formula is C80H156O17P2. The molecule has 0 heterocycles. The van der Waals surface area contributed by atoms with Crippen molar-refractivity contribution >= 4 is 39.5 Å². The van der Waals surface area contributed by atoms with Crippen LogP contribution in [0.1, 0.15) is 426 Å². The lowest BCUT2D eigenvalue weighted by atomic mass is 10.0. The zero-order valence-corrected chi connectivity index (χ0v) is 66.4. The maximum absolute atomic E-state index is 13.1. The van der Waals surface area contributed by atoms with Gasteiger partial charge in [0.15, 0.2) is 12.2 Å². The zero-order chi connectivity index (χ0) is 72.7. The Bertz CT molecular complexity index is 1890. The topological polar surface area (TPSA) is 237 Å². The first-order valence-corrected chi connectivity index (χ1v) is 44.6. The Balaban J connectivity index is 5.16. The normalized spacial score (nSPS) is 13.9. The molecule has 0 rings (SSSR count). The van der Waals surface area contributed by atoms with Gasteiger partial charge in [-0.1, -0.05) is 375 Å². The SMILES string of the molecule is CCCCCCCCCCCCCCCCCCCCCCCCC(=O)O[C@H](COC(=O)CCCCCCCCCCCCCCCCCCCC)COP(=O)(O)OC[C@@H](O)COP(=O)(O)OC[C@@H](COC(=O)CCCCCCCCCCC)OC(=O)CCCCCCCCCC(C)C. The van der Waals surface area contributed by atoms with Crippen LogP contribution < -0.4 is 0 Å². The molecule has 0 fully saturated rings. The van der Waals surface area contributed by atoms with Crippen LogP contribution in [0.15, 0.2) is 0 Å². The van der Waals surface area contributed by atoms with Gasteiger partial charge in [-0.15, -0.1) is 0 Å². The highest BCUT2D eigenvalue weighted by Gasteiger charge is 2.30. The van der Waals surface area contributed by atoms with E-state index < -0.39 is 97.5 Å². The van der Waals surface area contributed by atoms with Gasteiger partial charge in [-0.2, -0.15) is 0 Å². The minimum Gasteiger partial charge on any atom is -0.462 e. The van der Waals surface area contributed by atoms with Crippen LogP contribution in [0.5, 0.6) is 0 Å². The molecule has 19 heteroatoms. The van der Waals surface area contributed by atoms with Gasteiger partial charge in [-0.3, -0.25) is 37.3 Å². The van der Waals surface area contributed by atoms with Crippen molar-refractivity contribution < 1.29 is 80.2 Å². The van der Waals surface area contributed by atoms with E-state index in [4.69, 9.17) is 37.0 Å². The summed E-state index contributed by atoms with van der Waals surface area (Å²) in [7, 11) is -9.91. The van der Waals surface area contributed by atoms with Gasteiger partial charge in [0.25, 0.3) is 0 Å². The van der Waals surface area contributed by atoms with Gasteiger partial charge >= 0.3 is 39.5 Å². The number of hydrogen-bond donors (Lipinski definition) is 3. The lowest BCUT2D eigenvalue weighted by molar-refractivity contribution is -0.161. The number of carbonyl (C=O) groups is 4. The molecule has 0 aliphatic rings. The van der Waals surface area contributed by atoms with Crippen LogP contribution in [-0.2, 0) is 65.4 Å². The molecule has 0 aliphatic heterocycles. The van der Waals surface area contributed by atoms with Crippen LogP contribution in [0.3, 0.4) is 0 Å². The molecule has 0 aliphatic carbocycles. The molecule has 588 valence electrons. The van der Waals surface area contributed by atoms with Gasteiger partial charge in [0.1, 0.15) is 19.3 Å². The number of carbonyl (C=O) groups excluding carboxylic acids is 4. The number of rotatable bonds is 80. The van der Waals surface area contributed by atoms with E-state index in [0.717, 1.165) is 89.9 Å². The van der Waals surface area contributed by atoms with E-state index >= 15 is 0 Å². The summed E-state index contributed by atoms with van der Waals surface area (Å²) in [5.74, 6) is -1.42. The second-order valence-corrected chi connectivity index (χ2v) is 32.2. The first-order chi connectivity index (χ1) is 48.0. The van der Waals surface area contributed by atoms with Crippen molar-refractivity contribution in [2.75, 3.05) is 39.6 Å². The number of aliphatic hydroxyl groups is 1. The molecule has 17 nitrogen and oxygen atoms in total. The minimum absolute atomic E-state index is 0.104. The lowest BCUT2D eigenvalue weighted by Crippen LogP contribution is -2.30. The van der Waals surface area contributed by atoms with Crippen LogP contribution in [0.4, 0.5) is 0 Å². The Morgan fingerprint density at radius 3 is 0.687 bits per heavy atom. The van der Waals surface area contributed by atoms with E-state index in [1.165, 1.54) is 250 Å². The van der Waals surface area contributed by atoms with E-state index in [2.05, 4.69) is 34.6 Å². The smallest absolute Gasteiger partial charge is 0.462 e. The van der Waals surface area contributed by atoms with Crippen molar-refractivity contribution in [3.8, 4) is 0 Å². The minimum atomic E-state index is -4.96. The Labute approximate surface area is 607 Å². The summed E-state index contributed by atoms with van der Waals surface area (Å²) in [6.45, 7) is 7.23. The quantitative estimate of drug-likeness (QED) is 0.0222. The van der Waals surface area contributed by atoms with Gasteiger partial charge < -0.3 is 33.8 Å². The number of phosphoric acid groups is 2. The predicted octanol–water partition coefficient (Wildman–Crippen LogP) is 24.0. The Morgan fingerprint density at radius 2 is 0.465 bits per heavy atom. The van der Waals surface area contributed by atoms with Crippen LogP contribution >= 0.6 is 15.6 Å². The highest BCUT2D eigenvalue weighted by Crippen LogP contribution is 2.45. The number of phosphoric ester groups is 2. The molecule has 99 heavy (non-hydrogen) atoms. The zero-order valence-electron chi connectivity index (χ0n) is 64.6. The summed E-state index contributed by atoms with van der Waals surface area (Å²) in [6, 6.07) is 0. The summed E-state index contributed by atoms with van der Waals surface area (Å²) in [4.78, 5) is 72.8. The average molecular weight is 1450 g/mol. The van der Waals surface area contributed by atoms with Crippen LogP contribution in [-0.4, -0.2) is 96.7 Å². The van der Waals surface area contributed by atoms with Gasteiger partial charge in [0.2, 0.25) is 0 Å². The number of ether oxygens (including phenoxy) is 4. The molecular weight excluding hydrogens is 1290 g/mol. The second kappa shape index (κ2) is 73.0. The summed E-state index contributed by atoms with van der Waals surface area (Å²) >= 11 is 0. The van der Waals surface area contributed by atoms with Crippen LogP contribution in [0.25, 0.3) is 0 Å². The summed E-state index contributed by atoms with van der Waals surface area (Å²) < 4.78 is 68.6. The van der Waals surface area contributed by atoms with E-state index in [1.807, 2.05) is 0 Å². The molecule has 5 atom stereocenters. The maximum Gasteiger partial charge on any atom is 0.472 e. The Morgan fingerprint density at radius 1 is 0.273 bits per heavy atom. The van der Waals surface area contributed by atoms with Crippen molar-refractivity contribution in [2.45, 2.75) is 445 Å². The fourth-order valence-corrected chi connectivity index (χ4v) is 14.0. The first kappa shape index (κ1) is 97.1. The molecule has 0 amide bonds. The van der Waals surface area contributed by atoms with Gasteiger partial charge in [0, 0.05) is 25.7 Å². The molecule has 0 saturated carbocycles. The summed E-state index contributed by atoms with van der Waals surface area (Å²) in [6.07, 6.45) is 64.2. The number of aliphatic hydroxyl groups excluding tert-OH is 1. The van der Waals surface area contributed by atoms with E-state index in [9.17, 15) is 43.2 Å². The molecule has 0 bridgehead atoms. The predicted molar refractivity (Wildman–Crippen MR) is 405 cm³/mol. The molecule has 0 aromatic carbocycles. The Kier molecular flexibility index (Phi) is 71.6. The van der Waals surface area contributed by atoms with Crippen molar-refractivity contribution in [3.05, 3.63) is 0 Å². The van der Waals surface area contributed by atoms with Crippen LogP contribution in [0.2, 0.25) is 0 Å². The fraction of sp³-hybridized carbons (Fsp3) is 0.950. The molecule has 0 radical (unpaired) electrons. The molecule has 2 unspecified atom stereocenters. The van der Waals surface area contributed by atoms with Gasteiger partial charge in [-0.25, -0.2) is 9.13 Å². The van der Waals surface area contributed by atoms with Gasteiger partial charge in [-0.05, 0) is 31.6 Å². The second-order valence-electron chi connectivity index (χ2n) is 29.3. The summed E-state index contributed by atoms with van der Waals surface area (Å²) in [5.41, 5.74) is 0. The highest BCUT2D eigenvalue weighted by atomic mass is 31.2. The van der Waals surface area contributed by atoms with Crippen LogP contribution in [0, 0.1) is 5.92 Å². The Hall–Kier alpha value is -1.94. The number of hydrogen-bond acceptors (Lipinski definition) is 15. The third kappa shape index (κ3) is 74.1. The maximum atomic E-state index is 13.1. The van der Waals surface area contributed by atoms with E-state index in [1.54, 1.807) is 0 Å². The monoisotopic (exact) mass is 1450 g/mol. The molecule has 0 aromatic rings. The number of unbranched alkanes of at least 4 members (excludes halogenated alkanes) is 52. The third-order valence-corrected chi connectivity index (χ3v) is 20.7. The lowest BCUT2D eigenvalue weighted by Gasteiger charge is -2.21. The van der Waals surface area contributed by atoms with E-state index in [-0.39, 0.29) is 25.7 Å². The first-order valence-electron chi connectivity index (χ1n) is 41.6. The highest BCUT2D eigenvalue weighted by molar-refractivity contribution is 7.47. The third-order valence-electron chi connectivity index (χ3n) is 18.8. The standard InChI is InChI=1S/C80H156O17P2/c1-6-9-12-15-18-21-23-25-27-29-31-32-33-34-36-38-40-42-45-50-55-60-65-79(84)96-75(69-91-78(83)64-59-54-49-44-41-39-37-35-30-28-26-24-22-19-16-13-10-7-2)71-94-98(86,87)92-67-74(81)68-93-99(88,89)95-72-76(70-90-77(82)63-58-53-48-43-20-17-14-11-8-3)97-80(85)66-61-56-51-46-47-52-57-62-73(4)5/h73-76,81H,6-72H2,1-5H3,(H,86,87)(H,88,89)/t74-,75-,76-/m1/s1. The molecule has 0 spiro atoms. The van der Waals surface area contributed by atoms with Crippen molar-refractivity contribution in [1.82, 2.24) is 0 Å². The van der Waals surface area contributed by atoms with Gasteiger partial charge in [0.05, 0.1) is 26.4 Å². The molecule has 0 aromatic heterocycles. The van der Waals surface area contributed by atoms with E-state index in [0.29, 0.717) is 31.6 Å². The molecule has 3 N–H and O–H groups in total. The van der Waals surface area contributed by atoms with Crippen molar-refractivity contribution in [1.29, 1.82) is 0 Å². The number of esters is 4. The van der Waals surface area contributed by atoms with Crippen molar-refractivity contribution in [2.24, 2.45) is 5.92 Å². The molecule has 0 saturated heterocycles. The largest absolute Gasteiger partial charge is 0.472 e. The average Bonchev–Trinajstić information content (AvgIpc) is 0.947. The fourth-order valence-electron chi connectivity index (χ4n) is 12.4.